The molecule has 0 aliphatic carbocycles. The summed E-state index contributed by atoms with van der Waals surface area (Å²) in [7, 11) is 1.87. The summed E-state index contributed by atoms with van der Waals surface area (Å²) in [5.41, 5.74) is 0. The predicted octanol–water partition coefficient (Wildman–Crippen LogP) is 3.93. The minimum atomic E-state index is -4.02. The summed E-state index contributed by atoms with van der Waals surface area (Å²) < 4.78 is 36.5. The maximum atomic E-state index is 12.2. The Morgan fingerprint density at radius 1 is 1.28 bits per heavy atom. The summed E-state index contributed by atoms with van der Waals surface area (Å²) in [6.45, 7) is 2.17. The summed E-state index contributed by atoms with van der Waals surface area (Å²) in [4.78, 5) is 0. The molecule has 1 fully saturated rings. The molecule has 0 radical (unpaired) electrons. The third-order valence-corrected chi connectivity index (χ3v) is 6.64. The van der Waals surface area contributed by atoms with Crippen LogP contribution in [0.2, 0.25) is 0 Å². The maximum absolute atomic E-state index is 12.2. The minimum Gasteiger partial charge on any atom is -0.316 e. The van der Waals surface area contributed by atoms with Crippen LogP contribution in [-0.2, 0) is 0 Å². The lowest BCUT2D eigenvalue weighted by Gasteiger charge is -2.36. The van der Waals surface area contributed by atoms with Gasteiger partial charge in [-0.2, -0.15) is 36.7 Å². The topological polar surface area (TPSA) is 12.0 Å². The van der Waals surface area contributed by atoms with Gasteiger partial charge in [0, 0.05) is 34.5 Å². The van der Waals surface area contributed by atoms with E-state index < -0.39 is 12.6 Å². The molecule has 0 bridgehead atoms. The first-order valence-electron chi connectivity index (χ1n) is 6.45. The van der Waals surface area contributed by atoms with Gasteiger partial charge in [0.05, 0.1) is 0 Å². The zero-order chi connectivity index (χ0) is 13.6. The van der Waals surface area contributed by atoms with Crippen LogP contribution in [-0.4, -0.2) is 41.3 Å². The fourth-order valence-corrected chi connectivity index (χ4v) is 5.65. The number of hydrogen-bond donors (Lipinski definition) is 1. The molecule has 0 saturated carbocycles. The van der Waals surface area contributed by atoms with Crippen molar-refractivity contribution in [1.82, 2.24) is 5.32 Å². The first-order chi connectivity index (χ1) is 8.48. The molecular formula is C12H22F3NS2. The van der Waals surface area contributed by atoms with E-state index in [0.29, 0.717) is 16.9 Å². The molecule has 0 aromatic rings. The molecule has 1 nitrogen and oxygen atoms in total. The molecule has 0 aromatic carbocycles. The van der Waals surface area contributed by atoms with E-state index in [9.17, 15) is 13.2 Å². The number of nitrogens with one attached hydrogen (secondary N) is 1. The van der Waals surface area contributed by atoms with Gasteiger partial charge in [0.25, 0.3) is 0 Å². The molecule has 1 N–H and O–H groups in total. The van der Waals surface area contributed by atoms with Crippen molar-refractivity contribution >= 4 is 23.5 Å². The van der Waals surface area contributed by atoms with Crippen molar-refractivity contribution in [2.24, 2.45) is 0 Å². The van der Waals surface area contributed by atoms with Crippen LogP contribution in [0.1, 0.15) is 32.6 Å². The van der Waals surface area contributed by atoms with Crippen LogP contribution in [0.4, 0.5) is 13.2 Å². The first-order valence-corrected chi connectivity index (χ1v) is 8.55. The number of hydrogen-bond acceptors (Lipinski definition) is 3. The molecule has 0 aromatic heterocycles. The quantitative estimate of drug-likeness (QED) is 0.798. The summed E-state index contributed by atoms with van der Waals surface area (Å²) in [6.07, 6.45) is -2.74. The van der Waals surface area contributed by atoms with Crippen molar-refractivity contribution in [3.8, 4) is 0 Å². The van der Waals surface area contributed by atoms with Crippen molar-refractivity contribution in [2.75, 3.05) is 18.6 Å². The summed E-state index contributed by atoms with van der Waals surface area (Å²) in [5.74, 6) is 2.28. The summed E-state index contributed by atoms with van der Waals surface area (Å²) in [6, 6.07) is 0.204. The standard InChI is InChI=1S/C12H22F3NS2/c1-3-10-11(18-8-7-17-10)9(16-2)5-4-6-12(13,14)15/h9-11,16H,3-8H2,1-2H3. The fourth-order valence-electron chi connectivity index (χ4n) is 2.31. The number of halogens is 3. The van der Waals surface area contributed by atoms with Gasteiger partial charge in [-0.15, -0.1) is 0 Å². The van der Waals surface area contributed by atoms with Crippen molar-refractivity contribution in [1.29, 1.82) is 0 Å². The Hall–Kier alpha value is 0.450. The summed E-state index contributed by atoms with van der Waals surface area (Å²) >= 11 is 3.89. The number of thioether (sulfide) groups is 2. The molecule has 6 heteroatoms. The van der Waals surface area contributed by atoms with E-state index in [1.54, 1.807) is 0 Å². The third kappa shape index (κ3) is 5.61. The average Bonchev–Trinajstić information content (AvgIpc) is 2.33. The lowest BCUT2D eigenvalue weighted by atomic mass is 10.0. The van der Waals surface area contributed by atoms with Crippen molar-refractivity contribution in [3.63, 3.8) is 0 Å². The zero-order valence-corrected chi connectivity index (χ0v) is 12.6. The third-order valence-electron chi connectivity index (χ3n) is 3.24. The monoisotopic (exact) mass is 301 g/mol. The van der Waals surface area contributed by atoms with E-state index in [1.165, 1.54) is 5.75 Å². The number of rotatable bonds is 6. The molecule has 3 atom stereocenters. The number of alkyl halides is 3. The molecule has 1 aliphatic rings. The molecule has 0 amide bonds. The Bertz CT molecular complexity index is 236. The van der Waals surface area contributed by atoms with Crippen LogP contribution in [0.15, 0.2) is 0 Å². The molecule has 1 rings (SSSR count). The molecule has 0 spiro atoms. The van der Waals surface area contributed by atoms with Crippen molar-refractivity contribution in [3.05, 3.63) is 0 Å². The normalized spacial score (nSPS) is 27.2. The van der Waals surface area contributed by atoms with Gasteiger partial charge < -0.3 is 5.32 Å². The molecule has 108 valence electrons. The SMILES string of the molecule is CCC1SCCSC1C(CCCC(F)(F)F)NC. The van der Waals surface area contributed by atoms with Crippen LogP contribution in [0.25, 0.3) is 0 Å². The van der Waals surface area contributed by atoms with Gasteiger partial charge in [-0.25, -0.2) is 0 Å². The Kier molecular flexibility index (Phi) is 7.24. The summed E-state index contributed by atoms with van der Waals surface area (Å²) in [5, 5.41) is 4.25. The molecule has 1 aliphatic heterocycles. The van der Waals surface area contributed by atoms with E-state index in [4.69, 9.17) is 0 Å². The Morgan fingerprint density at radius 3 is 2.50 bits per heavy atom. The fraction of sp³-hybridized carbons (Fsp3) is 1.00. The predicted molar refractivity (Wildman–Crippen MR) is 75.5 cm³/mol. The zero-order valence-electron chi connectivity index (χ0n) is 10.9. The second-order valence-electron chi connectivity index (χ2n) is 4.56. The van der Waals surface area contributed by atoms with Crippen molar-refractivity contribution < 1.29 is 13.2 Å². The van der Waals surface area contributed by atoms with Crippen LogP contribution in [0.5, 0.6) is 0 Å². The van der Waals surface area contributed by atoms with Crippen LogP contribution < -0.4 is 5.32 Å². The molecule has 18 heavy (non-hydrogen) atoms. The Labute approximate surface area is 116 Å². The van der Waals surface area contributed by atoms with Gasteiger partial charge in [-0.3, -0.25) is 0 Å². The van der Waals surface area contributed by atoms with E-state index in [0.717, 1.165) is 12.2 Å². The largest absolute Gasteiger partial charge is 0.389 e. The minimum absolute atomic E-state index is 0.204. The Balaban J connectivity index is 2.43. The van der Waals surface area contributed by atoms with E-state index in [1.807, 2.05) is 30.6 Å². The highest BCUT2D eigenvalue weighted by molar-refractivity contribution is 8.07. The van der Waals surface area contributed by atoms with E-state index in [2.05, 4.69) is 12.2 Å². The van der Waals surface area contributed by atoms with Crippen molar-refractivity contribution in [2.45, 2.75) is 55.3 Å². The average molecular weight is 301 g/mol. The lowest BCUT2D eigenvalue weighted by molar-refractivity contribution is -0.135. The molecule has 3 unspecified atom stereocenters. The highest BCUT2D eigenvalue weighted by Gasteiger charge is 2.32. The van der Waals surface area contributed by atoms with Gasteiger partial charge in [-0.05, 0) is 26.3 Å². The van der Waals surface area contributed by atoms with E-state index >= 15 is 0 Å². The van der Waals surface area contributed by atoms with Crippen LogP contribution in [0, 0.1) is 0 Å². The van der Waals surface area contributed by atoms with Crippen LogP contribution >= 0.6 is 23.5 Å². The van der Waals surface area contributed by atoms with Gasteiger partial charge in [0.2, 0.25) is 0 Å². The van der Waals surface area contributed by atoms with Gasteiger partial charge in [0.1, 0.15) is 0 Å². The molecular weight excluding hydrogens is 279 g/mol. The van der Waals surface area contributed by atoms with E-state index in [-0.39, 0.29) is 12.5 Å². The maximum Gasteiger partial charge on any atom is 0.389 e. The lowest BCUT2D eigenvalue weighted by Crippen LogP contribution is -2.43. The second kappa shape index (κ2) is 7.90. The smallest absolute Gasteiger partial charge is 0.316 e. The van der Waals surface area contributed by atoms with Crippen LogP contribution in [0.3, 0.4) is 0 Å². The van der Waals surface area contributed by atoms with Gasteiger partial charge in [-0.1, -0.05) is 6.92 Å². The molecule has 1 heterocycles. The van der Waals surface area contributed by atoms with Gasteiger partial charge in [0.15, 0.2) is 0 Å². The van der Waals surface area contributed by atoms with Gasteiger partial charge >= 0.3 is 6.18 Å². The highest BCUT2D eigenvalue weighted by atomic mass is 32.2. The second-order valence-corrected chi connectivity index (χ2v) is 7.19. The Morgan fingerprint density at radius 2 is 1.94 bits per heavy atom. The highest BCUT2D eigenvalue weighted by Crippen LogP contribution is 2.36. The molecule has 1 saturated heterocycles. The first kappa shape index (κ1) is 16.5.